The second-order valence-electron chi connectivity index (χ2n) is 9.00. The zero-order valence-corrected chi connectivity index (χ0v) is 19.7. The van der Waals surface area contributed by atoms with E-state index < -0.39 is 5.92 Å². The Morgan fingerprint density at radius 1 is 1.00 bits per heavy atom. The van der Waals surface area contributed by atoms with E-state index in [0.717, 1.165) is 23.2 Å². The van der Waals surface area contributed by atoms with E-state index in [-0.39, 0.29) is 54.6 Å². The number of fused-ring (bicyclic) bond motifs is 3. The average Bonchev–Trinajstić information content (AvgIpc) is 3.44. The Morgan fingerprint density at radius 2 is 1.65 bits per heavy atom. The molecular weight excluding hydrogens is 442 g/mol. The van der Waals surface area contributed by atoms with Crippen LogP contribution in [0, 0.1) is 11.8 Å². The predicted octanol–water partition coefficient (Wildman–Crippen LogP) is 2.69. The molecule has 34 heavy (non-hydrogen) atoms. The molecule has 2 unspecified atom stereocenters. The van der Waals surface area contributed by atoms with Crippen LogP contribution in [0.15, 0.2) is 24.3 Å². The van der Waals surface area contributed by atoms with Crippen LogP contribution in [-0.4, -0.2) is 70.8 Å². The topological polar surface area (TPSA) is 95.9 Å². The van der Waals surface area contributed by atoms with Crippen LogP contribution in [0.1, 0.15) is 28.7 Å². The number of ether oxygens (including phenoxy) is 6. The Hall–Kier alpha value is -3.17. The molecule has 9 heteroatoms. The number of rotatable bonds is 7. The number of carbonyl (C=O) groups is 1. The van der Waals surface area contributed by atoms with Gasteiger partial charge in [-0.3, -0.25) is 4.79 Å². The Labute approximate surface area is 198 Å². The molecule has 2 aromatic rings. The average molecular weight is 472 g/mol. The molecular formula is C25H29NO8. The number of hydrogen-bond acceptors (Lipinski definition) is 9. The van der Waals surface area contributed by atoms with Crippen LogP contribution in [0.5, 0.6) is 28.7 Å². The maximum absolute atomic E-state index is 13.1. The number of benzene rings is 2. The number of phenols is 1. The molecule has 0 aromatic heterocycles. The molecule has 0 radical (unpaired) electrons. The van der Waals surface area contributed by atoms with Crippen molar-refractivity contribution in [2.45, 2.75) is 12.0 Å². The smallest absolute Gasteiger partial charge is 0.310 e. The van der Waals surface area contributed by atoms with E-state index in [9.17, 15) is 9.90 Å². The van der Waals surface area contributed by atoms with Gasteiger partial charge in [0.15, 0.2) is 23.0 Å². The number of cyclic esters (lactones) is 1. The van der Waals surface area contributed by atoms with Crippen molar-refractivity contribution in [3.05, 3.63) is 41.0 Å². The largest absolute Gasteiger partial charge is 0.502 e. The highest BCUT2D eigenvalue weighted by Crippen LogP contribution is 2.56. The first-order valence-electron chi connectivity index (χ1n) is 11.2. The third-order valence-electron chi connectivity index (χ3n) is 6.82. The number of nitrogens with zero attached hydrogens (tertiary/aromatic N) is 1. The monoisotopic (exact) mass is 471 g/mol. The second kappa shape index (κ2) is 8.88. The van der Waals surface area contributed by atoms with Gasteiger partial charge < -0.3 is 38.4 Å². The minimum atomic E-state index is -0.476. The van der Waals surface area contributed by atoms with Crippen LogP contribution < -0.4 is 18.9 Å². The molecule has 0 saturated carbocycles. The van der Waals surface area contributed by atoms with Crippen LogP contribution in [-0.2, 0) is 14.3 Å². The van der Waals surface area contributed by atoms with E-state index in [0.29, 0.717) is 18.1 Å². The molecule has 0 amide bonds. The van der Waals surface area contributed by atoms with Gasteiger partial charge in [-0.2, -0.15) is 0 Å². The van der Waals surface area contributed by atoms with E-state index in [2.05, 4.69) is 4.90 Å². The van der Waals surface area contributed by atoms with Crippen LogP contribution in [0.25, 0.3) is 0 Å². The Balaban J connectivity index is 1.67. The predicted molar refractivity (Wildman–Crippen MR) is 121 cm³/mol. The molecule has 3 aliphatic rings. The zero-order valence-electron chi connectivity index (χ0n) is 19.7. The summed E-state index contributed by atoms with van der Waals surface area (Å²) in [5.41, 5.74) is 2.61. The quantitative estimate of drug-likeness (QED) is 0.612. The lowest BCUT2D eigenvalue weighted by Crippen LogP contribution is -2.36. The van der Waals surface area contributed by atoms with Gasteiger partial charge in [-0.05, 0) is 55.1 Å². The molecule has 1 aliphatic carbocycles. The van der Waals surface area contributed by atoms with Crippen molar-refractivity contribution < 1.29 is 38.3 Å². The van der Waals surface area contributed by atoms with E-state index in [4.69, 9.17) is 28.4 Å². The summed E-state index contributed by atoms with van der Waals surface area (Å²) in [7, 11) is 6.94. The Kier molecular flexibility index (Phi) is 5.91. The van der Waals surface area contributed by atoms with Gasteiger partial charge in [0.05, 0.1) is 39.5 Å². The molecule has 5 rings (SSSR count). The van der Waals surface area contributed by atoms with Gasteiger partial charge in [0, 0.05) is 18.4 Å². The third-order valence-corrected chi connectivity index (χ3v) is 6.82. The number of phenolic OH excluding ortho intramolecular Hbond substituents is 1. The van der Waals surface area contributed by atoms with Crippen LogP contribution in [0.2, 0.25) is 0 Å². The van der Waals surface area contributed by atoms with Crippen molar-refractivity contribution in [3.8, 4) is 28.7 Å². The fourth-order valence-electron chi connectivity index (χ4n) is 5.18. The molecule has 1 saturated heterocycles. The van der Waals surface area contributed by atoms with Crippen LogP contribution in [0.4, 0.5) is 0 Å². The summed E-state index contributed by atoms with van der Waals surface area (Å²) in [4.78, 5) is 15.1. The molecule has 2 heterocycles. The second-order valence-corrected chi connectivity index (χ2v) is 9.00. The van der Waals surface area contributed by atoms with Crippen molar-refractivity contribution in [2.24, 2.45) is 11.8 Å². The molecule has 1 fully saturated rings. The molecule has 4 atom stereocenters. The fourth-order valence-corrected chi connectivity index (χ4v) is 5.18. The maximum Gasteiger partial charge on any atom is 0.310 e. The maximum atomic E-state index is 13.1. The van der Waals surface area contributed by atoms with Crippen molar-refractivity contribution in [1.29, 1.82) is 0 Å². The van der Waals surface area contributed by atoms with Gasteiger partial charge in [-0.25, -0.2) is 0 Å². The minimum Gasteiger partial charge on any atom is -0.502 e. The highest BCUT2D eigenvalue weighted by atomic mass is 16.7. The van der Waals surface area contributed by atoms with Crippen molar-refractivity contribution >= 4 is 5.97 Å². The molecule has 1 N–H and O–H groups in total. The summed E-state index contributed by atoms with van der Waals surface area (Å²) in [5, 5.41) is 10.5. The van der Waals surface area contributed by atoms with Crippen molar-refractivity contribution in [1.82, 2.24) is 4.90 Å². The zero-order chi connectivity index (χ0) is 24.0. The summed E-state index contributed by atoms with van der Waals surface area (Å²) < 4.78 is 34.1. The number of hydrogen-bond donors (Lipinski definition) is 1. The minimum absolute atomic E-state index is 0.0917. The molecule has 0 bridgehead atoms. The van der Waals surface area contributed by atoms with E-state index in [1.54, 1.807) is 12.1 Å². The molecule has 0 spiro atoms. The van der Waals surface area contributed by atoms with Gasteiger partial charge in [0.25, 0.3) is 0 Å². The van der Waals surface area contributed by atoms with Crippen molar-refractivity contribution in [2.75, 3.05) is 54.9 Å². The van der Waals surface area contributed by atoms with Crippen molar-refractivity contribution in [3.63, 3.8) is 0 Å². The summed E-state index contributed by atoms with van der Waals surface area (Å²) >= 11 is 0. The van der Waals surface area contributed by atoms with Gasteiger partial charge in [0.2, 0.25) is 12.5 Å². The Morgan fingerprint density at radius 3 is 2.26 bits per heavy atom. The van der Waals surface area contributed by atoms with Crippen LogP contribution in [0.3, 0.4) is 0 Å². The number of esters is 1. The van der Waals surface area contributed by atoms with Gasteiger partial charge in [-0.15, -0.1) is 0 Å². The summed E-state index contributed by atoms with van der Waals surface area (Å²) in [6.07, 6.45) is -0.335. The first-order chi connectivity index (χ1) is 16.4. The molecule has 9 nitrogen and oxygen atoms in total. The SMILES string of the molecule is COc1cc(C2c3cc4c(cc3[C@H](OCCN(C)C)[C@@H]3COC(=O)C23)OCO4)cc(OC)c1O. The van der Waals surface area contributed by atoms with Gasteiger partial charge in [-0.1, -0.05) is 0 Å². The lowest BCUT2D eigenvalue weighted by molar-refractivity contribution is -0.141. The molecule has 182 valence electrons. The van der Waals surface area contributed by atoms with E-state index in [1.165, 1.54) is 14.2 Å². The molecule has 2 aliphatic heterocycles. The number of methoxy groups -OCH3 is 2. The standard InChI is InChI=1S/C25H29NO8/c1-26(2)5-6-31-24-15-10-18-17(33-12-34-18)9-14(15)21(22-16(24)11-32-25(22)28)13-7-19(29-3)23(27)20(8-13)30-4/h7-10,16,21-22,24,27H,5-6,11-12H2,1-4H3/t16-,21?,22?,24+/m1/s1. The lowest BCUT2D eigenvalue weighted by atomic mass is 9.66. The highest BCUT2D eigenvalue weighted by molar-refractivity contribution is 5.79. The van der Waals surface area contributed by atoms with Gasteiger partial charge >= 0.3 is 5.97 Å². The first-order valence-corrected chi connectivity index (χ1v) is 11.2. The van der Waals surface area contributed by atoms with E-state index in [1.807, 2.05) is 26.2 Å². The van der Waals surface area contributed by atoms with E-state index >= 15 is 0 Å². The highest BCUT2D eigenvalue weighted by Gasteiger charge is 2.53. The number of aromatic hydroxyl groups is 1. The summed E-state index contributed by atoms with van der Waals surface area (Å²) in [5.74, 6) is 0.418. The third kappa shape index (κ3) is 3.69. The lowest BCUT2D eigenvalue weighted by Gasteiger charge is -2.39. The summed E-state index contributed by atoms with van der Waals surface area (Å²) in [6.45, 7) is 1.67. The van der Waals surface area contributed by atoms with Crippen LogP contribution >= 0.6 is 0 Å². The Bertz CT molecular complexity index is 1080. The number of likely N-dealkylation sites (N-methyl/N-ethyl adjacent to an activating group) is 1. The summed E-state index contributed by atoms with van der Waals surface area (Å²) in [6, 6.07) is 7.37. The van der Waals surface area contributed by atoms with Gasteiger partial charge in [0.1, 0.15) is 0 Å². The first kappa shape index (κ1) is 22.6. The fraction of sp³-hybridized carbons (Fsp3) is 0.480. The molecule has 2 aromatic carbocycles. The number of carbonyl (C=O) groups excluding carboxylic acids is 1. The normalized spacial score (nSPS) is 24.6.